The van der Waals surface area contributed by atoms with Crippen LogP contribution < -0.4 is 4.72 Å². The molecule has 0 saturated carbocycles. The summed E-state index contributed by atoms with van der Waals surface area (Å²) in [7, 11) is -2.28. The van der Waals surface area contributed by atoms with Gasteiger partial charge in [0.2, 0.25) is 15.8 Å². The Bertz CT molecular complexity index is 635. The van der Waals surface area contributed by atoms with Crippen LogP contribution in [0.25, 0.3) is 0 Å². The summed E-state index contributed by atoms with van der Waals surface area (Å²) in [6.07, 6.45) is 0.610. The molecule has 1 aromatic carbocycles. The molecule has 1 N–H and O–H groups in total. The van der Waals surface area contributed by atoms with Crippen molar-refractivity contribution in [3.05, 3.63) is 34.1 Å². The maximum absolute atomic E-state index is 13.5. The van der Waals surface area contributed by atoms with Gasteiger partial charge in [-0.25, -0.2) is 13.1 Å². The Hall–Kier alpha value is -1.58. The standard InChI is InChI=1S/C11H14FN3O4S/c1-14-6-5-8(7-14)13-20(18,19)10-4-2-3-9(12)11(10)15(16)17/h2-4,8,13H,5-7H2,1H3. The number of hydrogen-bond acceptors (Lipinski definition) is 5. The molecule has 0 amide bonds. The highest BCUT2D eigenvalue weighted by Gasteiger charge is 2.32. The fourth-order valence-corrected chi connectivity index (χ4v) is 3.65. The van der Waals surface area contributed by atoms with Crippen LogP contribution in [0, 0.1) is 15.9 Å². The Kier molecular flexibility index (Phi) is 4.02. The molecular weight excluding hydrogens is 289 g/mol. The van der Waals surface area contributed by atoms with Crippen LogP contribution in [0.4, 0.5) is 10.1 Å². The minimum Gasteiger partial charge on any atom is -0.305 e. The van der Waals surface area contributed by atoms with Crippen LogP contribution in [0.1, 0.15) is 6.42 Å². The zero-order valence-corrected chi connectivity index (χ0v) is 11.6. The minimum atomic E-state index is -4.12. The van der Waals surface area contributed by atoms with Gasteiger partial charge < -0.3 is 4.90 Å². The Morgan fingerprint density at radius 3 is 2.75 bits per heavy atom. The number of para-hydroxylation sites is 1. The summed E-state index contributed by atoms with van der Waals surface area (Å²) in [6.45, 7) is 1.25. The van der Waals surface area contributed by atoms with Gasteiger partial charge in [0.15, 0.2) is 4.90 Å². The lowest BCUT2D eigenvalue weighted by molar-refractivity contribution is -0.390. The van der Waals surface area contributed by atoms with Crippen molar-refractivity contribution in [2.45, 2.75) is 17.4 Å². The molecule has 9 heteroatoms. The van der Waals surface area contributed by atoms with Crippen molar-refractivity contribution in [2.24, 2.45) is 0 Å². The summed E-state index contributed by atoms with van der Waals surface area (Å²) in [6, 6.07) is 2.70. The number of nitrogens with zero attached hydrogens (tertiary/aromatic N) is 2. The molecule has 0 radical (unpaired) electrons. The van der Waals surface area contributed by atoms with E-state index in [-0.39, 0.29) is 6.04 Å². The van der Waals surface area contributed by atoms with Crippen LogP contribution in [0.3, 0.4) is 0 Å². The number of benzene rings is 1. The van der Waals surface area contributed by atoms with Crippen molar-refractivity contribution < 1.29 is 17.7 Å². The first-order valence-corrected chi connectivity index (χ1v) is 7.43. The first-order valence-electron chi connectivity index (χ1n) is 5.95. The average Bonchev–Trinajstić information content (AvgIpc) is 2.73. The first kappa shape index (κ1) is 14.8. The SMILES string of the molecule is CN1CCC(NS(=O)(=O)c2cccc(F)c2[N+](=O)[O-])C1. The maximum Gasteiger partial charge on any atom is 0.324 e. The fourth-order valence-electron chi connectivity index (χ4n) is 2.20. The number of likely N-dealkylation sites (N-methyl/N-ethyl adjacent to an activating group) is 1. The van der Waals surface area contributed by atoms with E-state index in [1.807, 2.05) is 11.9 Å². The normalized spacial score (nSPS) is 20.2. The number of nitro benzene ring substituents is 1. The van der Waals surface area contributed by atoms with E-state index in [0.717, 1.165) is 24.7 Å². The average molecular weight is 303 g/mol. The Morgan fingerprint density at radius 2 is 2.20 bits per heavy atom. The van der Waals surface area contributed by atoms with Gasteiger partial charge >= 0.3 is 5.69 Å². The van der Waals surface area contributed by atoms with Gasteiger partial charge in [0, 0.05) is 12.6 Å². The largest absolute Gasteiger partial charge is 0.324 e. The topological polar surface area (TPSA) is 92.6 Å². The van der Waals surface area contributed by atoms with Crippen molar-refractivity contribution in [1.29, 1.82) is 0 Å². The van der Waals surface area contributed by atoms with Crippen molar-refractivity contribution in [3.63, 3.8) is 0 Å². The van der Waals surface area contributed by atoms with E-state index in [1.54, 1.807) is 0 Å². The van der Waals surface area contributed by atoms with E-state index in [1.165, 1.54) is 0 Å². The van der Waals surface area contributed by atoms with E-state index in [4.69, 9.17) is 0 Å². The maximum atomic E-state index is 13.5. The van der Waals surface area contributed by atoms with E-state index in [9.17, 15) is 22.9 Å². The second kappa shape index (κ2) is 5.43. The Balaban J connectivity index is 2.35. The number of hydrogen-bond donors (Lipinski definition) is 1. The van der Waals surface area contributed by atoms with Crippen LogP contribution in [0.5, 0.6) is 0 Å². The predicted octanol–water partition coefficient (Wildman–Crippen LogP) is 0.716. The molecule has 110 valence electrons. The van der Waals surface area contributed by atoms with Gasteiger partial charge in [-0.15, -0.1) is 0 Å². The molecule has 1 fully saturated rings. The van der Waals surface area contributed by atoms with Gasteiger partial charge in [-0.1, -0.05) is 6.07 Å². The molecule has 0 aliphatic carbocycles. The van der Waals surface area contributed by atoms with Crippen LogP contribution >= 0.6 is 0 Å². The molecular formula is C11H14FN3O4S. The number of nitrogens with one attached hydrogen (secondary N) is 1. The van der Waals surface area contributed by atoms with Gasteiger partial charge in [0.05, 0.1) is 4.92 Å². The molecule has 1 aromatic rings. The molecule has 1 saturated heterocycles. The third-order valence-corrected chi connectivity index (χ3v) is 4.69. The summed E-state index contributed by atoms with van der Waals surface area (Å²) in [5.74, 6) is -1.17. The van der Waals surface area contributed by atoms with Gasteiger partial charge in [0.25, 0.3) is 0 Å². The lowest BCUT2D eigenvalue weighted by Crippen LogP contribution is -2.36. The number of likely N-dealkylation sites (tertiary alicyclic amines) is 1. The number of nitro groups is 1. The molecule has 1 atom stereocenters. The van der Waals surface area contributed by atoms with E-state index in [2.05, 4.69) is 4.72 Å². The predicted molar refractivity (Wildman–Crippen MR) is 69.3 cm³/mol. The fraction of sp³-hybridized carbons (Fsp3) is 0.455. The van der Waals surface area contributed by atoms with Crippen LogP contribution in [0.2, 0.25) is 0 Å². The highest BCUT2D eigenvalue weighted by atomic mass is 32.2. The molecule has 2 rings (SSSR count). The highest BCUT2D eigenvalue weighted by Crippen LogP contribution is 2.27. The van der Waals surface area contributed by atoms with Crippen molar-refractivity contribution in [1.82, 2.24) is 9.62 Å². The van der Waals surface area contributed by atoms with Gasteiger partial charge in [-0.05, 0) is 32.1 Å². The van der Waals surface area contributed by atoms with Gasteiger partial charge in [-0.2, -0.15) is 4.39 Å². The smallest absolute Gasteiger partial charge is 0.305 e. The summed E-state index contributed by atoms with van der Waals surface area (Å²) < 4.78 is 40.2. The molecule has 0 bridgehead atoms. The molecule has 1 aliphatic rings. The molecule has 7 nitrogen and oxygen atoms in total. The first-order chi connectivity index (χ1) is 9.31. The zero-order valence-electron chi connectivity index (χ0n) is 10.7. The molecule has 0 spiro atoms. The molecule has 1 aliphatic heterocycles. The minimum absolute atomic E-state index is 0.326. The quantitative estimate of drug-likeness (QED) is 0.653. The number of halogens is 1. The van der Waals surface area contributed by atoms with Crippen molar-refractivity contribution in [2.75, 3.05) is 20.1 Å². The Morgan fingerprint density at radius 1 is 1.50 bits per heavy atom. The second-order valence-electron chi connectivity index (χ2n) is 4.71. The summed E-state index contributed by atoms with van der Waals surface area (Å²) in [5.41, 5.74) is -1.02. The van der Waals surface area contributed by atoms with Crippen molar-refractivity contribution >= 4 is 15.7 Å². The zero-order chi connectivity index (χ0) is 14.9. The lowest BCUT2D eigenvalue weighted by Gasteiger charge is -2.13. The van der Waals surface area contributed by atoms with Crippen LogP contribution in [0.15, 0.2) is 23.1 Å². The molecule has 0 aromatic heterocycles. The Labute approximate surface area is 115 Å². The van der Waals surface area contributed by atoms with E-state index < -0.39 is 31.3 Å². The van der Waals surface area contributed by atoms with E-state index in [0.29, 0.717) is 13.0 Å². The van der Waals surface area contributed by atoms with E-state index >= 15 is 0 Å². The van der Waals surface area contributed by atoms with Gasteiger partial charge in [0.1, 0.15) is 0 Å². The van der Waals surface area contributed by atoms with Crippen LogP contribution in [-0.2, 0) is 10.0 Å². The van der Waals surface area contributed by atoms with Gasteiger partial charge in [-0.3, -0.25) is 10.1 Å². The molecule has 1 heterocycles. The lowest BCUT2D eigenvalue weighted by atomic mass is 10.3. The third-order valence-electron chi connectivity index (χ3n) is 3.14. The number of sulfonamides is 1. The second-order valence-corrected chi connectivity index (χ2v) is 6.40. The highest BCUT2D eigenvalue weighted by molar-refractivity contribution is 7.89. The summed E-state index contributed by atoms with van der Waals surface area (Å²) >= 11 is 0. The summed E-state index contributed by atoms with van der Waals surface area (Å²) in [5, 5.41) is 10.8. The third kappa shape index (κ3) is 2.94. The van der Waals surface area contributed by atoms with Crippen LogP contribution in [-0.4, -0.2) is 44.4 Å². The molecule has 1 unspecified atom stereocenters. The monoisotopic (exact) mass is 303 g/mol. The molecule has 20 heavy (non-hydrogen) atoms. The number of rotatable bonds is 4. The summed E-state index contributed by atoms with van der Waals surface area (Å²) in [4.78, 5) is 11.1. The van der Waals surface area contributed by atoms with Crippen molar-refractivity contribution in [3.8, 4) is 0 Å².